The molecule has 0 atom stereocenters. The molecular weight excluding hydrogens is 348 g/mol. The molecule has 0 aliphatic rings. The summed E-state index contributed by atoms with van der Waals surface area (Å²) in [6, 6.07) is 12.1. The van der Waals surface area contributed by atoms with Gasteiger partial charge in [0.15, 0.2) is 0 Å². The van der Waals surface area contributed by atoms with Gasteiger partial charge in [-0.25, -0.2) is 4.98 Å². The highest BCUT2D eigenvalue weighted by atomic mass is 32.1. The fraction of sp³-hybridized carbons (Fsp3) is 0.400. The zero-order valence-electron chi connectivity index (χ0n) is 15.2. The van der Waals surface area contributed by atoms with Crippen LogP contribution in [0, 0.1) is 11.8 Å². The molecule has 0 aliphatic heterocycles. The van der Waals surface area contributed by atoms with Gasteiger partial charge in [0.1, 0.15) is 5.01 Å². The number of hydrogen-bond acceptors (Lipinski definition) is 4. The summed E-state index contributed by atoms with van der Waals surface area (Å²) in [5.41, 5.74) is 1.02. The average Bonchev–Trinajstić information content (AvgIpc) is 3.19. The van der Waals surface area contributed by atoms with E-state index in [9.17, 15) is 4.79 Å². The maximum Gasteiger partial charge on any atom is 0.263 e. The summed E-state index contributed by atoms with van der Waals surface area (Å²) >= 11 is 3.23. The molecule has 0 N–H and O–H groups in total. The highest BCUT2D eigenvalue weighted by Gasteiger charge is 2.20. The summed E-state index contributed by atoms with van der Waals surface area (Å²) < 4.78 is 1.18. The lowest BCUT2D eigenvalue weighted by Gasteiger charge is -2.25. The van der Waals surface area contributed by atoms with E-state index in [4.69, 9.17) is 4.98 Å². The number of thiophene rings is 1. The summed E-state index contributed by atoms with van der Waals surface area (Å²) in [4.78, 5) is 21.5. The van der Waals surface area contributed by atoms with Crippen molar-refractivity contribution in [2.24, 2.45) is 11.8 Å². The molecule has 0 saturated carbocycles. The molecule has 0 spiro atoms. The summed E-state index contributed by atoms with van der Waals surface area (Å²) in [6.07, 6.45) is 0. The topological polar surface area (TPSA) is 33.2 Å². The molecule has 1 amide bonds. The van der Waals surface area contributed by atoms with E-state index in [1.807, 2.05) is 35.2 Å². The van der Waals surface area contributed by atoms with Crippen molar-refractivity contribution in [2.45, 2.75) is 27.7 Å². The number of aromatic nitrogens is 1. The van der Waals surface area contributed by atoms with E-state index in [1.54, 1.807) is 22.7 Å². The molecule has 0 bridgehead atoms. The third kappa shape index (κ3) is 4.28. The predicted molar refractivity (Wildman–Crippen MR) is 109 cm³/mol. The molecule has 5 heteroatoms. The second-order valence-electron chi connectivity index (χ2n) is 7.15. The van der Waals surface area contributed by atoms with Crippen molar-refractivity contribution >= 4 is 38.8 Å². The summed E-state index contributed by atoms with van der Waals surface area (Å²) in [5.74, 6) is 1.07. The molecule has 0 aliphatic carbocycles. The lowest BCUT2D eigenvalue weighted by atomic mass is 10.1. The number of thiazole rings is 1. The fourth-order valence-corrected chi connectivity index (χ4v) is 4.82. The normalized spacial score (nSPS) is 11.6. The van der Waals surface area contributed by atoms with E-state index in [2.05, 4.69) is 33.8 Å². The fourth-order valence-electron chi connectivity index (χ4n) is 2.82. The molecule has 3 aromatic rings. The molecule has 132 valence electrons. The Kier molecular flexibility index (Phi) is 5.54. The van der Waals surface area contributed by atoms with E-state index in [0.29, 0.717) is 11.8 Å². The first-order valence-electron chi connectivity index (χ1n) is 8.69. The Morgan fingerprint density at radius 1 is 1.00 bits per heavy atom. The number of nitrogens with zero attached hydrogens (tertiary/aromatic N) is 2. The van der Waals surface area contributed by atoms with Crippen molar-refractivity contribution in [3.8, 4) is 9.88 Å². The second kappa shape index (κ2) is 7.67. The van der Waals surface area contributed by atoms with Gasteiger partial charge in [0.05, 0.1) is 20.0 Å². The monoisotopic (exact) mass is 372 g/mol. The van der Waals surface area contributed by atoms with E-state index in [-0.39, 0.29) is 5.91 Å². The zero-order chi connectivity index (χ0) is 18.0. The first-order chi connectivity index (χ1) is 11.9. The molecule has 0 fully saturated rings. The average molecular weight is 373 g/mol. The Hall–Kier alpha value is -1.72. The Morgan fingerprint density at radius 2 is 1.68 bits per heavy atom. The SMILES string of the molecule is CC(C)CN(CC(C)C)C(=O)c1ccc(-c2nc3ccccc3s2)s1. The third-order valence-corrected chi connectivity index (χ3v) is 6.06. The van der Waals surface area contributed by atoms with Gasteiger partial charge in [0.2, 0.25) is 0 Å². The molecule has 3 nitrogen and oxygen atoms in total. The van der Waals surface area contributed by atoms with Gasteiger partial charge in [-0.15, -0.1) is 22.7 Å². The number of fused-ring (bicyclic) bond motifs is 1. The zero-order valence-corrected chi connectivity index (χ0v) is 16.8. The summed E-state index contributed by atoms with van der Waals surface area (Å²) in [5, 5.41) is 0.990. The number of benzene rings is 1. The predicted octanol–water partition coefficient (Wildman–Crippen LogP) is 5.78. The van der Waals surface area contributed by atoms with Gasteiger partial charge in [0.25, 0.3) is 5.91 Å². The number of carbonyl (C=O) groups is 1. The minimum absolute atomic E-state index is 0.139. The van der Waals surface area contributed by atoms with Crippen LogP contribution in [-0.2, 0) is 0 Å². The van der Waals surface area contributed by atoms with Gasteiger partial charge in [0, 0.05) is 13.1 Å². The molecule has 3 rings (SSSR count). The van der Waals surface area contributed by atoms with Gasteiger partial charge in [-0.1, -0.05) is 39.8 Å². The number of carbonyl (C=O) groups excluding carboxylic acids is 1. The van der Waals surface area contributed by atoms with Crippen molar-refractivity contribution in [3.63, 3.8) is 0 Å². The number of rotatable bonds is 6. The standard InChI is InChI=1S/C20H24N2OS2/c1-13(2)11-22(12-14(3)4)20(23)18-10-9-17(24-18)19-21-15-7-5-6-8-16(15)25-19/h5-10,13-14H,11-12H2,1-4H3. The van der Waals surface area contributed by atoms with Crippen LogP contribution >= 0.6 is 22.7 Å². The van der Waals surface area contributed by atoms with E-state index < -0.39 is 0 Å². The molecular formula is C20H24N2OS2. The van der Waals surface area contributed by atoms with Gasteiger partial charge in [-0.3, -0.25) is 4.79 Å². The van der Waals surface area contributed by atoms with Crippen molar-refractivity contribution in [3.05, 3.63) is 41.3 Å². The first kappa shape index (κ1) is 18.1. The van der Waals surface area contributed by atoms with Crippen LogP contribution < -0.4 is 0 Å². The van der Waals surface area contributed by atoms with Crippen molar-refractivity contribution < 1.29 is 4.79 Å². The lowest BCUT2D eigenvalue weighted by Crippen LogP contribution is -2.36. The quantitative estimate of drug-likeness (QED) is 0.549. The van der Waals surface area contributed by atoms with Crippen LogP contribution in [0.1, 0.15) is 37.4 Å². The smallest absolute Gasteiger partial charge is 0.263 e. The lowest BCUT2D eigenvalue weighted by molar-refractivity contribution is 0.0720. The largest absolute Gasteiger partial charge is 0.337 e. The molecule has 0 saturated heterocycles. The van der Waals surface area contributed by atoms with Crippen LogP contribution in [0.3, 0.4) is 0 Å². The molecule has 25 heavy (non-hydrogen) atoms. The van der Waals surface area contributed by atoms with Crippen LogP contribution in [-0.4, -0.2) is 28.9 Å². The third-order valence-electron chi connectivity index (χ3n) is 3.78. The molecule has 1 aromatic carbocycles. The van der Waals surface area contributed by atoms with Crippen LogP contribution in [0.4, 0.5) is 0 Å². The van der Waals surface area contributed by atoms with E-state index in [1.165, 1.54) is 4.70 Å². The van der Waals surface area contributed by atoms with E-state index in [0.717, 1.165) is 33.4 Å². The maximum atomic E-state index is 13.0. The summed E-state index contributed by atoms with van der Waals surface area (Å²) in [7, 11) is 0. The highest BCUT2D eigenvalue weighted by molar-refractivity contribution is 7.26. The Bertz CT molecular complexity index is 820. The molecule has 0 radical (unpaired) electrons. The summed E-state index contributed by atoms with van der Waals surface area (Å²) in [6.45, 7) is 10.2. The molecule has 2 aromatic heterocycles. The van der Waals surface area contributed by atoms with E-state index >= 15 is 0 Å². The first-order valence-corrected chi connectivity index (χ1v) is 10.3. The van der Waals surface area contributed by atoms with Crippen LogP contribution in [0.5, 0.6) is 0 Å². The Morgan fingerprint density at radius 3 is 2.32 bits per heavy atom. The Balaban J connectivity index is 1.84. The second-order valence-corrected chi connectivity index (χ2v) is 9.26. The highest BCUT2D eigenvalue weighted by Crippen LogP contribution is 2.34. The number of para-hydroxylation sites is 1. The van der Waals surface area contributed by atoms with Gasteiger partial charge >= 0.3 is 0 Å². The number of hydrogen-bond donors (Lipinski definition) is 0. The van der Waals surface area contributed by atoms with Crippen LogP contribution in [0.2, 0.25) is 0 Å². The minimum atomic E-state index is 0.139. The van der Waals surface area contributed by atoms with Gasteiger partial charge in [-0.05, 0) is 36.1 Å². The maximum absolute atomic E-state index is 13.0. The molecule has 2 heterocycles. The number of amides is 1. The molecule has 0 unspecified atom stereocenters. The Labute approximate surface area is 157 Å². The van der Waals surface area contributed by atoms with Crippen molar-refractivity contribution in [2.75, 3.05) is 13.1 Å². The minimum Gasteiger partial charge on any atom is -0.337 e. The van der Waals surface area contributed by atoms with Gasteiger partial charge < -0.3 is 4.90 Å². The van der Waals surface area contributed by atoms with Gasteiger partial charge in [-0.2, -0.15) is 0 Å². The van der Waals surface area contributed by atoms with Crippen molar-refractivity contribution in [1.82, 2.24) is 9.88 Å². The van der Waals surface area contributed by atoms with Crippen LogP contribution in [0.15, 0.2) is 36.4 Å². The van der Waals surface area contributed by atoms with Crippen molar-refractivity contribution in [1.29, 1.82) is 0 Å². The van der Waals surface area contributed by atoms with Crippen LogP contribution in [0.25, 0.3) is 20.1 Å².